The molecule has 0 fully saturated rings. The lowest BCUT2D eigenvalue weighted by Gasteiger charge is -2.18. The molecule has 8 heteroatoms. The van der Waals surface area contributed by atoms with Gasteiger partial charge < -0.3 is 14.0 Å². The van der Waals surface area contributed by atoms with E-state index in [1.165, 1.54) is 0 Å². The molecule has 0 spiro atoms. The highest BCUT2D eigenvalue weighted by atomic mass is 79.9. The summed E-state index contributed by atoms with van der Waals surface area (Å²) in [7, 11) is 0. The first kappa shape index (κ1) is 17.5. The number of nitrogens with one attached hydrogen (secondary N) is 1. The van der Waals surface area contributed by atoms with Gasteiger partial charge >= 0.3 is 0 Å². The van der Waals surface area contributed by atoms with Crippen molar-refractivity contribution in [1.82, 2.24) is 15.0 Å². The molecular weight excluding hydrogens is 412 g/mol. The molecule has 0 bridgehead atoms. The fourth-order valence-corrected chi connectivity index (χ4v) is 3.15. The van der Waals surface area contributed by atoms with Crippen LogP contribution in [0.5, 0.6) is 11.5 Å². The van der Waals surface area contributed by atoms with Crippen molar-refractivity contribution in [2.75, 3.05) is 13.2 Å². The first-order chi connectivity index (χ1) is 13.1. The number of rotatable bonds is 4. The maximum atomic E-state index is 12.3. The summed E-state index contributed by atoms with van der Waals surface area (Å²) in [5, 5.41) is 4.01. The van der Waals surface area contributed by atoms with E-state index in [-0.39, 0.29) is 12.5 Å². The zero-order chi connectivity index (χ0) is 18.8. The molecule has 1 N–H and O–H groups in total. The maximum Gasteiger partial charge on any atom is 0.260 e. The third kappa shape index (κ3) is 3.80. The number of amides is 1. The van der Waals surface area contributed by atoms with Gasteiger partial charge in [-0.15, -0.1) is 0 Å². The average Bonchev–Trinajstić information content (AvgIpc) is 2.96. The minimum Gasteiger partial charge on any atom is -0.486 e. The number of benzene rings is 2. The second kappa shape index (κ2) is 7.40. The van der Waals surface area contributed by atoms with Crippen LogP contribution in [-0.4, -0.2) is 34.9 Å². The molecule has 3 aromatic rings. The first-order valence-corrected chi connectivity index (χ1v) is 9.23. The lowest BCUT2D eigenvalue weighted by atomic mass is 10.2. The Kier molecular flexibility index (Phi) is 4.81. The smallest absolute Gasteiger partial charge is 0.260 e. The molecule has 138 valence electrons. The SMILES string of the molecule is Cc1nc2cc3c(cc2n1CC(=O)NN=Cc1ccc(Br)cc1)OCCO3. The van der Waals surface area contributed by atoms with Crippen LogP contribution in [0.25, 0.3) is 11.0 Å². The largest absolute Gasteiger partial charge is 0.486 e. The van der Waals surface area contributed by atoms with E-state index >= 15 is 0 Å². The number of carbonyl (C=O) groups is 1. The first-order valence-electron chi connectivity index (χ1n) is 8.44. The summed E-state index contributed by atoms with van der Waals surface area (Å²) in [6, 6.07) is 11.3. The number of hydrogen-bond donors (Lipinski definition) is 1. The summed E-state index contributed by atoms with van der Waals surface area (Å²) in [6.07, 6.45) is 1.60. The Bertz CT molecular complexity index is 1030. The minimum atomic E-state index is -0.236. The molecule has 27 heavy (non-hydrogen) atoms. The van der Waals surface area contributed by atoms with Crippen molar-refractivity contribution in [1.29, 1.82) is 0 Å². The van der Waals surface area contributed by atoms with Gasteiger partial charge in [-0.3, -0.25) is 4.79 Å². The van der Waals surface area contributed by atoms with Gasteiger partial charge in [0.2, 0.25) is 0 Å². The Morgan fingerprint density at radius 1 is 1.26 bits per heavy atom. The van der Waals surface area contributed by atoms with Crippen LogP contribution in [0.2, 0.25) is 0 Å². The van der Waals surface area contributed by atoms with Crippen LogP contribution >= 0.6 is 15.9 Å². The number of hydrogen-bond acceptors (Lipinski definition) is 5. The van der Waals surface area contributed by atoms with E-state index in [9.17, 15) is 4.79 Å². The van der Waals surface area contributed by atoms with E-state index in [4.69, 9.17) is 9.47 Å². The molecule has 0 aliphatic carbocycles. The van der Waals surface area contributed by atoms with E-state index < -0.39 is 0 Å². The zero-order valence-electron chi connectivity index (χ0n) is 14.6. The molecule has 0 saturated heterocycles. The van der Waals surface area contributed by atoms with Gasteiger partial charge in [0.05, 0.1) is 17.2 Å². The maximum absolute atomic E-state index is 12.3. The molecule has 2 aromatic carbocycles. The monoisotopic (exact) mass is 428 g/mol. The van der Waals surface area contributed by atoms with Crippen molar-refractivity contribution in [2.24, 2.45) is 5.10 Å². The molecule has 0 saturated carbocycles. The molecular formula is C19H17BrN4O3. The summed E-state index contributed by atoms with van der Waals surface area (Å²) >= 11 is 3.38. The summed E-state index contributed by atoms with van der Waals surface area (Å²) in [4.78, 5) is 16.8. The zero-order valence-corrected chi connectivity index (χ0v) is 16.2. The molecule has 1 aromatic heterocycles. The number of imidazole rings is 1. The Labute approximate surface area is 164 Å². The number of aromatic nitrogens is 2. The molecule has 4 rings (SSSR count). The van der Waals surface area contributed by atoms with Gasteiger partial charge in [-0.25, -0.2) is 10.4 Å². The number of carbonyl (C=O) groups excluding carboxylic acids is 1. The molecule has 7 nitrogen and oxygen atoms in total. The predicted molar refractivity (Wildman–Crippen MR) is 105 cm³/mol. The van der Waals surface area contributed by atoms with Gasteiger partial charge in [0.15, 0.2) is 11.5 Å². The van der Waals surface area contributed by atoms with Crippen LogP contribution in [-0.2, 0) is 11.3 Å². The fourth-order valence-electron chi connectivity index (χ4n) is 2.89. The number of fused-ring (bicyclic) bond motifs is 2. The summed E-state index contributed by atoms with van der Waals surface area (Å²) in [6.45, 7) is 3.01. The van der Waals surface area contributed by atoms with Crippen LogP contribution in [0.1, 0.15) is 11.4 Å². The van der Waals surface area contributed by atoms with Crippen molar-refractivity contribution >= 4 is 39.1 Å². The number of hydrazone groups is 1. The Morgan fingerprint density at radius 3 is 2.70 bits per heavy atom. The van der Waals surface area contributed by atoms with Crippen molar-refractivity contribution in [3.63, 3.8) is 0 Å². The van der Waals surface area contributed by atoms with Crippen LogP contribution in [0, 0.1) is 6.92 Å². The van der Waals surface area contributed by atoms with Crippen molar-refractivity contribution < 1.29 is 14.3 Å². The summed E-state index contributed by atoms with van der Waals surface area (Å²) in [5.74, 6) is 1.85. The van der Waals surface area contributed by atoms with Gasteiger partial charge in [0, 0.05) is 16.6 Å². The molecule has 0 unspecified atom stereocenters. The van der Waals surface area contributed by atoms with Crippen LogP contribution in [0.3, 0.4) is 0 Å². The van der Waals surface area contributed by atoms with E-state index in [0.29, 0.717) is 24.7 Å². The second-order valence-electron chi connectivity index (χ2n) is 6.07. The third-order valence-corrected chi connectivity index (χ3v) is 4.71. The van der Waals surface area contributed by atoms with E-state index in [2.05, 4.69) is 31.4 Å². The highest BCUT2D eigenvalue weighted by Gasteiger charge is 2.17. The van der Waals surface area contributed by atoms with Crippen LogP contribution in [0.4, 0.5) is 0 Å². The fraction of sp³-hybridized carbons (Fsp3) is 0.211. The number of aryl methyl sites for hydroxylation is 1. The lowest BCUT2D eigenvalue weighted by molar-refractivity contribution is -0.121. The molecule has 0 radical (unpaired) electrons. The van der Waals surface area contributed by atoms with E-state index in [1.54, 1.807) is 6.21 Å². The van der Waals surface area contributed by atoms with Crippen LogP contribution in [0.15, 0.2) is 46.0 Å². The lowest BCUT2D eigenvalue weighted by Crippen LogP contribution is -2.23. The van der Waals surface area contributed by atoms with E-state index in [0.717, 1.165) is 26.9 Å². The molecule has 1 aliphatic heterocycles. The Morgan fingerprint density at radius 2 is 1.96 bits per heavy atom. The number of nitrogens with zero attached hydrogens (tertiary/aromatic N) is 3. The molecule has 1 amide bonds. The second-order valence-corrected chi connectivity index (χ2v) is 6.99. The molecule has 0 atom stereocenters. The predicted octanol–water partition coefficient (Wildman–Crippen LogP) is 3.03. The quantitative estimate of drug-likeness (QED) is 0.511. The Hall–Kier alpha value is -2.87. The van der Waals surface area contributed by atoms with Gasteiger partial charge in [0.25, 0.3) is 5.91 Å². The summed E-state index contributed by atoms with van der Waals surface area (Å²) in [5.41, 5.74) is 5.04. The van der Waals surface area contributed by atoms with Crippen molar-refractivity contribution in [2.45, 2.75) is 13.5 Å². The minimum absolute atomic E-state index is 0.111. The standard InChI is InChI=1S/C19H17BrN4O3/c1-12-22-15-8-17-18(27-7-6-26-17)9-16(15)24(12)11-19(25)23-21-10-13-2-4-14(20)5-3-13/h2-5,8-10H,6-7,11H2,1H3,(H,23,25). The number of ether oxygens (including phenoxy) is 2. The van der Waals surface area contributed by atoms with Crippen molar-refractivity contribution in [3.8, 4) is 11.5 Å². The topological polar surface area (TPSA) is 77.7 Å². The highest BCUT2D eigenvalue weighted by Crippen LogP contribution is 2.34. The van der Waals surface area contributed by atoms with Crippen LogP contribution < -0.4 is 14.9 Å². The average molecular weight is 429 g/mol. The number of halogens is 1. The third-order valence-electron chi connectivity index (χ3n) is 4.18. The van der Waals surface area contributed by atoms with Crippen molar-refractivity contribution in [3.05, 3.63) is 52.3 Å². The Balaban J connectivity index is 1.49. The molecule has 1 aliphatic rings. The van der Waals surface area contributed by atoms with E-state index in [1.807, 2.05) is 47.9 Å². The normalized spacial score (nSPS) is 13.3. The van der Waals surface area contributed by atoms with Gasteiger partial charge in [-0.05, 0) is 24.6 Å². The summed E-state index contributed by atoms with van der Waals surface area (Å²) < 4.78 is 14.0. The molecule has 2 heterocycles. The highest BCUT2D eigenvalue weighted by molar-refractivity contribution is 9.10. The van der Waals surface area contributed by atoms with Gasteiger partial charge in [-0.2, -0.15) is 5.10 Å². The van der Waals surface area contributed by atoms with Gasteiger partial charge in [0.1, 0.15) is 25.6 Å². The van der Waals surface area contributed by atoms with Gasteiger partial charge in [-0.1, -0.05) is 28.1 Å².